The summed E-state index contributed by atoms with van der Waals surface area (Å²) in [5, 5.41) is 21.0. The third kappa shape index (κ3) is 5.39. The number of hydrogen-bond donors (Lipinski definition) is 3. The van der Waals surface area contributed by atoms with Crippen LogP contribution < -0.4 is 5.32 Å². The Morgan fingerprint density at radius 1 is 1.06 bits per heavy atom. The van der Waals surface area contributed by atoms with Gasteiger partial charge >= 0.3 is 6.09 Å². The van der Waals surface area contributed by atoms with E-state index in [2.05, 4.69) is 46.0 Å². The van der Waals surface area contributed by atoms with Gasteiger partial charge in [-0.2, -0.15) is 0 Å². The fourth-order valence-electron chi connectivity index (χ4n) is 9.25. The molecule has 3 saturated carbocycles. The maximum absolute atomic E-state index is 12.3. The van der Waals surface area contributed by atoms with Crippen molar-refractivity contribution in [3.8, 4) is 0 Å². The van der Waals surface area contributed by atoms with E-state index in [1.165, 1.54) is 56.9 Å². The van der Waals surface area contributed by atoms with Crippen LogP contribution in [0.2, 0.25) is 0 Å². The van der Waals surface area contributed by atoms with Crippen molar-refractivity contribution in [2.24, 2.45) is 46.3 Å². The minimum Gasteiger partial charge on any atom is -0.446 e. The summed E-state index contributed by atoms with van der Waals surface area (Å²) >= 11 is 0. The Bertz CT molecular complexity index is 791. The quantitative estimate of drug-likeness (QED) is 0.315. The molecule has 5 heteroatoms. The summed E-state index contributed by atoms with van der Waals surface area (Å²) in [6.45, 7) is 11.8. The van der Waals surface area contributed by atoms with Crippen LogP contribution in [0.5, 0.6) is 0 Å². The topological polar surface area (TPSA) is 78.8 Å². The predicted molar refractivity (Wildman–Crippen MR) is 144 cm³/mol. The van der Waals surface area contributed by atoms with Crippen LogP contribution in [0.4, 0.5) is 4.79 Å². The second-order valence-electron chi connectivity index (χ2n) is 13.8. The monoisotopic (exact) mass is 503 g/mol. The summed E-state index contributed by atoms with van der Waals surface area (Å²) < 4.78 is 5.72. The first-order valence-electron chi connectivity index (χ1n) is 15.0. The maximum Gasteiger partial charge on any atom is 0.407 e. The number of amides is 1. The van der Waals surface area contributed by atoms with Crippen LogP contribution in [0.1, 0.15) is 105 Å². The number of allylic oxidation sites excluding steroid dienone is 1. The average molecular weight is 504 g/mol. The van der Waals surface area contributed by atoms with Crippen LogP contribution in [0.3, 0.4) is 0 Å². The second kappa shape index (κ2) is 11.4. The fourth-order valence-corrected chi connectivity index (χ4v) is 9.25. The van der Waals surface area contributed by atoms with Crippen molar-refractivity contribution in [2.45, 2.75) is 117 Å². The molecular weight excluding hydrogens is 450 g/mol. The molecule has 0 saturated heterocycles. The minimum atomic E-state index is -0.661. The van der Waals surface area contributed by atoms with Gasteiger partial charge in [-0.25, -0.2) is 4.79 Å². The van der Waals surface area contributed by atoms with Crippen molar-refractivity contribution in [1.29, 1.82) is 0 Å². The van der Waals surface area contributed by atoms with Crippen molar-refractivity contribution < 1.29 is 19.7 Å². The molecule has 0 aromatic carbocycles. The zero-order chi connectivity index (χ0) is 26.1. The molecule has 8 atom stereocenters. The zero-order valence-electron chi connectivity index (χ0n) is 23.6. The fraction of sp³-hybridized carbons (Fsp3) is 0.903. The summed E-state index contributed by atoms with van der Waals surface area (Å²) in [6.07, 6.45) is 15.6. The SMILES string of the molecule is CC(C)CCC[C@@H](C)[C@H]1CCC2C3CC=C4C[C@@H](OC(=O)NC(CO)CO)CC[C@]4(C)C3CC[C@@]21C. The molecule has 0 heterocycles. The Balaban J connectivity index is 1.40. The number of aliphatic hydroxyl groups excluding tert-OH is 2. The van der Waals surface area contributed by atoms with Crippen molar-refractivity contribution in [2.75, 3.05) is 13.2 Å². The van der Waals surface area contributed by atoms with Gasteiger partial charge in [-0.05, 0) is 91.3 Å². The maximum atomic E-state index is 12.3. The third-order valence-electron chi connectivity index (χ3n) is 11.3. The Kier molecular flexibility index (Phi) is 8.81. The van der Waals surface area contributed by atoms with Crippen molar-refractivity contribution >= 4 is 6.09 Å². The molecular formula is C31H53NO4. The molecule has 0 spiro atoms. The van der Waals surface area contributed by atoms with Gasteiger partial charge in [0.15, 0.2) is 0 Å². The molecule has 0 radical (unpaired) electrons. The number of rotatable bonds is 9. The number of fused-ring (bicyclic) bond motifs is 5. The van der Waals surface area contributed by atoms with E-state index in [9.17, 15) is 15.0 Å². The van der Waals surface area contributed by atoms with Gasteiger partial charge in [0.05, 0.1) is 19.3 Å². The molecule has 4 aliphatic carbocycles. The van der Waals surface area contributed by atoms with Crippen molar-refractivity contribution in [3.63, 3.8) is 0 Å². The molecule has 3 fully saturated rings. The normalized spacial score (nSPS) is 38.7. The minimum absolute atomic E-state index is 0.115. The van der Waals surface area contributed by atoms with Gasteiger partial charge in [-0.15, -0.1) is 0 Å². The molecule has 0 bridgehead atoms. The van der Waals surface area contributed by atoms with Gasteiger partial charge in [0.25, 0.3) is 0 Å². The highest BCUT2D eigenvalue weighted by Gasteiger charge is 2.59. The van der Waals surface area contributed by atoms with E-state index in [-0.39, 0.29) is 24.7 Å². The highest BCUT2D eigenvalue weighted by Crippen LogP contribution is 2.67. The summed E-state index contributed by atoms with van der Waals surface area (Å²) in [5.41, 5.74) is 2.25. The van der Waals surface area contributed by atoms with Crippen molar-refractivity contribution in [3.05, 3.63) is 11.6 Å². The molecule has 0 aliphatic heterocycles. The number of nitrogens with one attached hydrogen (secondary N) is 1. The van der Waals surface area contributed by atoms with Gasteiger partial charge in [-0.1, -0.05) is 65.5 Å². The van der Waals surface area contributed by atoms with Gasteiger partial charge in [-0.3, -0.25) is 0 Å². The van der Waals surface area contributed by atoms with Crippen LogP contribution in [0, 0.1) is 46.3 Å². The number of hydrogen-bond acceptors (Lipinski definition) is 4. The van der Waals surface area contributed by atoms with Gasteiger partial charge in [0.2, 0.25) is 0 Å². The van der Waals surface area contributed by atoms with E-state index >= 15 is 0 Å². The van der Waals surface area contributed by atoms with Crippen LogP contribution in [-0.2, 0) is 4.74 Å². The Morgan fingerprint density at radius 3 is 2.50 bits per heavy atom. The molecule has 1 amide bonds. The smallest absolute Gasteiger partial charge is 0.407 e. The lowest BCUT2D eigenvalue weighted by molar-refractivity contribution is -0.0583. The largest absolute Gasteiger partial charge is 0.446 e. The number of carbonyl (C=O) groups excluding carboxylic acids is 1. The standard InChI is InChI=1S/C31H53NO4/c1-20(2)7-6-8-21(3)26-11-12-27-25-10-9-22-17-24(36-29(35)32-23(18-33)19-34)13-15-30(22,4)28(25)14-16-31(26,27)5/h9,20-21,23-28,33-34H,6-8,10-19H2,1-5H3,(H,32,35)/t21-,24+,25?,26-,27?,28?,30+,31-/m1/s1. The first kappa shape index (κ1) is 28.0. The molecule has 4 aliphatic rings. The molecule has 0 aromatic heterocycles. The van der Waals surface area contributed by atoms with E-state index in [0.29, 0.717) is 5.41 Å². The van der Waals surface area contributed by atoms with Crippen molar-refractivity contribution in [1.82, 2.24) is 5.32 Å². The van der Waals surface area contributed by atoms with Gasteiger partial charge in [0.1, 0.15) is 6.10 Å². The van der Waals surface area contributed by atoms with Crippen LogP contribution >= 0.6 is 0 Å². The van der Waals surface area contributed by atoms with Crippen LogP contribution in [0.25, 0.3) is 0 Å². The highest BCUT2D eigenvalue weighted by atomic mass is 16.6. The summed E-state index contributed by atoms with van der Waals surface area (Å²) in [6, 6.07) is -0.661. The first-order chi connectivity index (χ1) is 17.1. The molecule has 5 nitrogen and oxygen atoms in total. The summed E-state index contributed by atoms with van der Waals surface area (Å²) in [7, 11) is 0. The molecule has 36 heavy (non-hydrogen) atoms. The van der Waals surface area contributed by atoms with Gasteiger partial charge < -0.3 is 20.3 Å². The summed E-state index contributed by atoms with van der Waals surface area (Å²) in [5.74, 6) is 4.97. The van der Waals surface area contributed by atoms with Crippen LogP contribution in [0.15, 0.2) is 11.6 Å². The van der Waals surface area contributed by atoms with Gasteiger partial charge in [0, 0.05) is 6.42 Å². The number of aliphatic hydroxyl groups is 2. The second-order valence-corrected chi connectivity index (χ2v) is 13.8. The molecule has 206 valence electrons. The Hall–Kier alpha value is -1.07. The Labute approximate surface area is 219 Å². The highest BCUT2D eigenvalue weighted by molar-refractivity contribution is 5.67. The van der Waals surface area contributed by atoms with E-state index in [0.717, 1.165) is 54.8 Å². The predicted octanol–water partition coefficient (Wildman–Crippen LogP) is 6.48. The first-order valence-corrected chi connectivity index (χ1v) is 15.0. The van der Waals surface area contributed by atoms with E-state index < -0.39 is 12.1 Å². The average Bonchev–Trinajstić information content (AvgIpc) is 3.19. The van der Waals surface area contributed by atoms with E-state index in [4.69, 9.17) is 4.74 Å². The lowest BCUT2D eigenvalue weighted by atomic mass is 9.47. The molecule has 3 unspecified atom stereocenters. The van der Waals surface area contributed by atoms with E-state index in [1.807, 2.05) is 0 Å². The lowest BCUT2D eigenvalue weighted by Gasteiger charge is -2.58. The Morgan fingerprint density at radius 2 is 1.81 bits per heavy atom. The lowest BCUT2D eigenvalue weighted by Crippen LogP contribution is -2.51. The number of carbonyl (C=O) groups is 1. The number of ether oxygens (including phenoxy) is 1. The summed E-state index contributed by atoms with van der Waals surface area (Å²) in [4.78, 5) is 12.3. The molecule has 3 N–H and O–H groups in total. The van der Waals surface area contributed by atoms with E-state index in [1.54, 1.807) is 0 Å². The molecule has 4 rings (SSSR count). The number of alkyl carbamates (subject to hydrolysis) is 1. The van der Waals surface area contributed by atoms with Crippen LogP contribution in [-0.4, -0.2) is 41.7 Å². The molecule has 0 aromatic rings. The zero-order valence-corrected chi connectivity index (χ0v) is 23.6. The third-order valence-corrected chi connectivity index (χ3v) is 11.3.